The molecule has 0 aliphatic carbocycles. The predicted molar refractivity (Wildman–Crippen MR) is 110 cm³/mol. The molecule has 3 heterocycles. The molecule has 0 bridgehead atoms. The summed E-state index contributed by atoms with van der Waals surface area (Å²) in [6.45, 7) is 0. The summed E-state index contributed by atoms with van der Waals surface area (Å²) in [7, 11) is 1.58. The lowest BCUT2D eigenvalue weighted by molar-refractivity contribution is 0.397. The molecule has 5 nitrogen and oxygen atoms in total. The minimum Gasteiger partial charge on any atom is -0.481 e. The van der Waals surface area contributed by atoms with Gasteiger partial charge < -0.3 is 9.64 Å². The maximum atomic E-state index is 13.6. The smallest absolute Gasteiger partial charge is 0.212 e. The maximum absolute atomic E-state index is 13.6. The van der Waals surface area contributed by atoms with Gasteiger partial charge in [0.25, 0.3) is 0 Å². The fourth-order valence-electron chi connectivity index (χ4n) is 3.25. The van der Waals surface area contributed by atoms with Crippen LogP contribution in [-0.4, -0.2) is 22.1 Å². The molecule has 0 spiro atoms. The lowest BCUT2D eigenvalue weighted by Crippen LogP contribution is -2.25. The zero-order valence-electron chi connectivity index (χ0n) is 15.8. The van der Waals surface area contributed by atoms with Crippen LogP contribution in [0.2, 0.25) is 0 Å². The van der Waals surface area contributed by atoms with E-state index in [4.69, 9.17) is 4.74 Å². The number of hydrogen-bond acceptors (Lipinski definition) is 5. The van der Waals surface area contributed by atoms with E-state index < -0.39 is 0 Å². The third kappa shape index (κ3) is 4.06. The number of nitrogens with zero attached hydrogens (tertiary/aromatic N) is 4. The van der Waals surface area contributed by atoms with Gasteiger partial charge >= 0.3 is 0 Å². The number of halogens is 1. The number of rotatable bonds is 6. The van der Waals surface area contributed by atoms with Gasteiger partial charge in [-0.3, -0.25) is 9.97 Å². The normalized spacial score (nSPS) is 11.7. The number of pyridine rings is 3. The average Bonchev–Trinajstić information content (AvgIpc) is 2.79. The van der Waals surface area contributed by atoms with Crippen molar-refractivity contribution in [3.8, 4) is 5.88 Å². The molecule has 4 aromatic rings. The Bertz CT molecular complexity index is 1000. The number of aromatic nitrogens is 3. The van der Waals surface area contributed by atoms with Crippen LogP contribution in [0.5, 0.6) is 5.88 Å². The van der Waals surface area contributed by atoms with Gasteiger partial charge in [0.1, 0.15) is 5.82 Å². The summed E-state index contributed by atoms with van der Waals surface area (Å²) in [6.07, 6.45) is 8.81. The molecule has 1 atom stereocenters. The SMILES string of the molecule is COc1ccc(C(c2ccc(F)cc2)N(c2cccnc2)c2cccnc2)cn1. The van der Waals surface area contributed by atoms with Crippen LogP contribution in [0.25, 0.3) is 0 Å². The molecule has 0 fully saturated rings. The summed E-state index contributed by atoms with van der Waals surface area (Å²) in [5.41, 5.74) is 3.59. The van der Waals surface area contributed by atoms with Gasteiger partial charge in [0.05, 0.1) is 36.9 Å². The van der Waals surface area contributed by atoms with E-state index in [2.05, 4.69) is 19.9 Å². The minimum atomic E-state index is -0.283. The molecule has 1 unspecified atom stereocenters. The summed E-state index contributed by atoms with van der Waals surface area (Å²) in [6, 6.07) is 17.7. The van der Waals surface area contributed by atoms with Crippen LogP contribution in [0.3, 0.4) is 0 Å². The van der Waals surface area contributed by atoms with Gasteiger partial charge in [-0.2, -0.15) is 0 Å². The molecular formula is C23H19FN4O. The Labute approximate surface area is 168 Å². The third-order valence-corrected chi connectivity index (χ3v) is 4.58. The Morgan fingerprint density at radius 2 is 1.41 bits per heavy atom. The Hall–Kier alpha value is -3.80. The number of benzene rings is 1. The van der Waals surface area contributed by atoms with Crippen molar-refractivity contribution in [2.75, 3.05) is 12.0 Å². The standard InChI is InChI=1S/C23H19FN4O/c1-29-22-11-8-18(14-27-22)23(17-6-9-19(24)10-7-17)28(20-4-2-12-25-15-20)21-5-3-13-26-16-21/h2-16,23H,1H3. The molecule has 0 amide bonds. The maximum Gasteiger partial charge on any atom is 0.212 e. The zero-order chi connectivity index (χ0) is 20.1. The molecule has 1 aromatic carbocycles. The van der Waals surface area contributed by atoms with Crippen molar-refractivity contribution >= 4 is 11.4 Å². The van der Waals surface area contributed by atoms with Crippen LogP contribution in [0.15, 0.2) is 91.6 Å². The highest BCUT2D eigenvalue weighted by Crippen LogP contribution is 2.38. The second-order valence-electron chi connectivity index (χ2n) is 6.38. The van der Waals surface area contributed by atoms with E-state index >= 15 is 0 Å². The first-order valence-electron chi connectivity index (χ1n) is 9.11. The fourth-order valence-corrected chi connectivity index (χ4v) is 3.25. The molecule has 0 N–H and O–H groups in total. The molecule has 29 heavy (non-hydrogen) atoms. The molecule has 3 aromatic heterocycles. The lowest BCUT2D eigenvalue weighted by atomic mass is 9.97. The highest BCUT2D eigenvalue weighted by Gasteiger charge is 2.25. The lowest BCUT2D eigenvalue weighted by Gasteiger charge is -2.34. The van der Waals surface area contributed by atoms with E-state index in [0.29, 0.717) is 5.88 Å². The Morgan fingerprint density at radius 1 is 0.793 bits per heavy atom. The molecule has 0 aliphatic rings. The van der Waals surface area contributed by atoms with E-state index in [1.54, 1.807) is 50.2 Å². The van der Waals surface area contributed by atoms with Gasteiger partial charge in [0, 0.05) is 24.7 Å². The molecule has 144 valence electrons. The highest BCUT2D eigenvalue weighted by molar-refractivity contribution is 5.65. The van der Waals surface area contributed by atoms with Crippen molar-refractivity contribution in [2.45, 2.75) is 6.04 Å². The number of anilines is 2. The Morgan fingerprint density at radius 3 is 1.90 bits per heavy atom. The van der Waals surface area contributed by atoms with Gasteiger partial charge in [-0.05, 0) is 53.6 Å². The van der Waals surface area contributed by atoms with Gasteiger partial charge in [0.2, 0.25) is 5.88 Å². The van der Waals surface area contributed by atoms with Gasteiger partial charge in [0.15, 0.2) is 0 Å². The molecule has 0 saturated heterocycles. The predicted octanol–water partition coefficient (Wildman–Crippen LogP) is 4.95. The van der Waals surface area contributed by atoms with Crippen LogP contribution in [-0.2, 0) is 0 Å². The molecule has 4 rings (SSSR count). The van der Waals surface area contributed by atoms with Crippen LogP contribution in [0.4, 0.5) is 15.8 Å². The monoisotopic (exact) mass is 386 g/mol. The first-order valence-corrected chi connectivity index (χ1v) is 9.11. The first kappa shape index (κ1) is 18.6. The summed E-state index contributed by atoms with van der Waals surface area (Å²) >= 11 is 0. The van der Waals surface area contributed by atoms with E-state index in [-0.39, 0.29) is 11.9 Å². The van der Waals surface area contributed by atoms with Gasteiger partial charge in [-0.25, -0.2) is 9.37 Å². The van der Waals surface area contributed by atoms with Crippen molar-refractivity contribution in [3.05, 3.63) is 109 Å². The van der Waals surface area contributed by atoms with Crippen LogP contribution in [0, 0.1) is 5.82 Å². The fraction of sp³-hybridized carbons (Fsp3) is 0.0870. The van der Waals surface area contributed by atoms with Crippen molar-refractivity contribution in [3.63, 3.8) is 0 Å². The second kappa shape index (κ2) is 8.48. The second-order valence-corrected chi connectivity index (χ2v) is 6.38. The topological polar surface area (TPSA) is 51.1 Å². The van der Waals surface area contributed by atoms with Crippen molar-refractivity contribution in [1.29, 1.82) is 0 Å². The summed E-state index contributed by atoms with van der Waals surface area (Å²) < 4.78 is 18.8. The van der Waals surface area contributed by atoms with Crippen LogP contribution < -0.4 is 9.64 Å². The number of hydrogen-bond donors (Lipinski definition) is 0. The van der Waals surface area contributed by atoms with Crippen molar-refractivity contribution < 1.29 is 9.13 Å². The van der Waals surface area contributed by atoms with Crippen molar-refractivity contribution in [1.82, 2.24) is 15.0 Å². The zero-order valence-corrected chi connectivity index (χ0v) is 15.8. The van der Waals surface area contributed by atoms with Crippen LogP contribution in [0.1, 0.15) is 17.2 Å². The Balaban J connectivity index is 1.91. The van der Waals surface area contributed by atoms with E-state index in [9.17, 15) is 4.39 Å². The highest BCUT2D eigenvalue weighted by atomic mass is 19.1. The van der Waals surface area contributed by atoms with Gasteiger partial charge in [-0.15, -0.1) is 0 Å². The van der Waals surface area contributed by atoms with Crippen molar-refractivity contribution in [2.24, 2.45) is 0 Å². The summed E-state index contributed by atoms with van der Waals surface area (Å²) in [4.78, 5) is 15.1. The number of methoxy groups -OCH3 is 1. The largest absolute Gasteiger partial charge is 0.481 e. The molecular weight excluding hydrogens is 367 g/mol. The Kier molecular flexibility index (Phi) is 5.42. The molecule has 6 heteroatoms. The van der Waals surface area contributed by atoms with Gasteiger partial charge in [-0.1, -0.05) is 12.1 Å². The first-order chi connectivity index (χ1) is 14.3. The third-order valence-electron chi connectivity index (χ3n) is 4.58. The van der Waals surface area contributed by atoms with Crippen LogP contribution >= 0.6 is 0 Å². The molecule has 0 aliphatic heterocycles. The van der Waals surface area contributed by atoms with E-state index in [1.807, 2.05) is 36.4 Å². The van der Waals surface area contributed by atoms with E-state index in [0.717, 1.165) is 22.5 Å². The molecule has 0 radical (unpaired) electrons. The average molecular weight is 386 g/mol. The number of ether oxygens (including phenoxy) is 1. The summed E-state index contributed by atoms with van der Waals surface area (Å²) in [5.74, 6) is 0.246. The quantitative estimate of drug-likeness (QED) is 0.469. The molecule has 0 saturated carbocycles. The van der Waals surface area contributed by atoms with E-state index in [1.165, 1.54) is 12.1 Å². The minimum absolute atomic E-state index is 0.276. The summed E-state index contributed by atoms with van der Waals surface area (Å²) in [5, 5.41) is 0.